The highest BCUT2D eigenvalue weighted by atomic mass is 16.6. The van der Waals surface area contributed by atoms with E-state index in [-0.39, 0.29) is 37.9 Å². The van der Waals surface area contributed by atoms with Crippen molar-refractivity contribution in [3.05, 3.63) is 133 Å². The predicted octanol–water partition coefficient (Wildman–Crippen LogP) is 4.55. The van der Waals surface area contributed by atoms with Crippen LogP contribution in [-0.4, -0.2) is 82.1 Å². The Balaban J connectivity index is 1.34. The lowest BCUT2D eigenvalue weighted by molar-refractivity contribution is -0.161. The summed E-state index contributed by atoms with van der Waals surface area (Å²) in [5, 5.41) is 13.7. The molecule has 10 nitrogen and oxygen atoms in total. The third kappa shape index (κ3) is 7.45. The molecule has 3 heterocycles. The van der Waals surface area contributed by atoms with Crippen LogP contribution in [0.15, 0.2) is 116 Å². The van der Waals surface area contributed by atoms with E-state index >= 15 is 0 Å². The lowest BCUT2D eigenvalue weighted by atomic mass is 9.70. The fourth-order valence-electron chi connectivity index (χ4n) is 8.18. The van der Waals surface area contributed by atoms with Crippen LogP contribution in [0.1, 0.15) is 48.5 Å². The topological polar surface area (TPSA) is 125 Å². The highest BCUT2D eigenvalue weighted by Gasteiger charge is 2.75. The molecule has 0 aromatic heterocycles. The number of aliphatic hydroxyl groups is 1. The summed E-state index contributed by atoms with van der Waals surface area (Å²) in [6, 6.07) is 26.4. The molecule has 0 unspecified atom stereocenters. The van der Waals surface area contributed by atoms with Gasteiger partial charge < -0.3 is 29.7 Å². The normalized spacial score (nSPS) is 24.1. The van der Waals surface area contributed by atoms with Crippen molar-refractivity contribution in [1.29, 1.82) is 0 Å². The average molecular weight is 706 g/mol. The first-order valence-corrected chi connectivity index (χ1v) is 18.0. The fourth-order valence-corrected chi connectivity index (χ4v) is 8.18. The number of nitrogens with zero attached hydrogens (tertiary/aromatic N) is 2. The lowest BCUT2D eigenvalue weighted by Gasteiger charge is -2.39. The van der Waals surface area contributed by atoms with Gasteiger partial charge in [-0.15, -0.1) is 13.2 Å². The number of rotatable bonds is 17. The smallest absolute Gasteiger partial charge is 0.313 e. The van der Waals surface area contributed by atoms with Gasteiger partial charge in [-0.1, -0.05) is 103 Å². The van der Waals surface area contributed by atoms with E-state index in [0.717, 1.165) is 11.1 Å². The van der Waals surface area contributed by atoms with Crippen LogP contribution >= 0.6 is 0 Å². The Morgan fingerprint density at radius 1 is 0.981 bits per heavy atom. The Labute approximate surface area is 305 Å². The maximum atomic E-state index is 14.9. The number of esters is 1. The van der Waals surface area contributed by atoms with Crippen molar-refractivity contribution in [2.24, 2.45) is 11.8 Å². The SMILES string of the molecule is C=CCCC(=O)NC[C@H](OC(=O)[C@@H]1[C@H]2C(=O)N([C@@H](CO)Cc3ccccc3)[C@H](C(=O)N(CC=C)Cc3ccccc3)[C@]23CC[C@H]1O3)c1ccccc1. The number of carbonyl (C=O) groups excluding carboxylic acids is 4. The molecule has 3 aromatic carbocycles. The number of ether oxygens (including phenoxy) is 2. The number of hydrogen-bond acceptors (Lipinski definition) is 7. The molecule has 2 bridgehead atoms. The molecule has 1 spiro atoms. The van der Waals surface area contributed by atoms with E-state index in [1.54, 1.807) is 17.1 Å². The molecule has 3 aliphatic heterocycles. The Bertz CT molecular complexity index is 1740. The van der Waals surface area contributed by atoms with Gasteiger partial charge in [0.05, 0.1) is 37.1 Å². The number of nitrogens with one attached hydrogen (secondary N) is 1. The standard InChI is InChI=1S/C42H47N3O7/c1-3-5-21-35(47)43-26-34(31-19-13-8-14-20-31)51-41(50)36-33-22-23-42(52-33)37(36)39(48)45(32(28-46)25-29-15-9-6-10-16-29)38(42)40(49)44(24-4-2)27-30-17-11-7-12-18-30/h3-4,6-20,32-34,36-38,46H,1-2,5,21-28H2,(H,43,47)/t32-,33-,34+,36+,37+,38-,42+/m1/s1. The van der Waals surface area contributed by atoms with Crippen LogP contribution in [0.5, 0.6) is 0 Å². The molecular weight excluding hydrogens is 658 g/mol. The van der Waals surface area contributed by atoms with E-state index in [4.69, 9.17) is 9.47 Å². The molecule has 0 saturated carbocycles. The van der Waals surface area contributed by atoms with E-state index in [9.17, 15) is 24.3 Å². The number of likely N-dealkylation sites (tertiary alicyclic amines) is 1. The van der Waals surface area contributed by atoms with Crippen molar-refractivity contribution in [2.45, 2.75) is 68.5 Å². The first-order valence-electron chi connectivity index (χ1n) is 18.0. The number of hydrogen-bond donors (Lipinski definition) is 2. The summed E-state index contributed by atoms with van der Waals surface area (Å²) in [5.74, 6) is -3.55. The summed E-state index contributed by atoms with van der Waals surface area (Å²) in [6.45, 7) is 7.71. The van der Waals surface area contributed by atoms with Crippen LogP contribution in [0.4, 0.5) is 0 Å². The molecule has 3 fully saturated rings. The third-order valence-corrected chi connectivity index (χ3v) is 10.5. The van der Waals surface area contributed by atoms with Crippen molar-refractivity contribution in [2.75, 3.05) is 19.7 Å². The van der Waals surface area contributed by atoms with Crippen molar-refractivity contribution >= 4 is 23.7 Å². The van der Waals surface area contributed by atoms with Gasteiger partial charge in [0, 0.05) is 19.5 Å². The molecule has 7 atom stereocenters. The second-order valence-corrected chi connectivity index (χ2v) is 13.8. The van der Waals surface area contributed by atoms with Crippen LogP contribution in [0, 0.1) is 11.8 Å². The van der Waals surface area contributed by atoms with Gasteiger partial charge in [-0.25, -0.2) is 0 Å². The predicted molar refractivity (Wildman–Crippen MR) is 195 cm³/mol. The number of amides is 3. The van der Waals surface area contributed by atoms with Gasteiger partial charge in [0.25, 0.3) is 0 Å². The van der Waals surface area contributed by atoms with E-state index in [0.29, 0.717) is 31.2 Å². The third-order valence-electron chi connectivity index (χ3n) is 10.5. The van der Waals surface area contributed by atoms with Crippen molar-refractivity contribution in [3.63, 3.8) is 0 Å². The summed E-state index contributed by atoms with van der Waals surface area (Å²) in [4.78, 5) is 59.8. The first kappa shape index (κ1) is 36.7. The zero-order valence-electron chi connectivity index (χ0n) is 29.3. The molecule has 0 radical (unpaired) electrons. The Kier molecular flexibility index (Phi) is 11.7. The Morgan fingerprint density at radius 3 is 2.27 bits per heavy atom. The highest BCUT2D eigenvalue weighted by Crippen LogP contribution is 2.59. The summed E-state index contributed by atoms with van der Waals surface area (Å²) in [7, 11) is 0. The van der Waals surface area contributed by atoms with Gasteiger partial charge in [-0.3, -0.25) is 19.2 Å². The van der Waals surface area contributed by atoms with Crippen molar-refractivity contribution in [1.82, 2.24) is 15.1 Å². The zero-order valence-corrected chi connectivity index (χ0v) is 29.3. The number of aliphatic hydroxyl groups excluding tert-OH is 1. The number of fused-ring (bicyclic) bond motifs is 1. The maximum absolute atomic E-state index is 14.9. The molecule has 272 valence electrons. The van der Waals surface area contributed by atoms with Gasteiger partial charge >= 0.3 is 5.97 Å². The van der Waals surface area contributed by atoms with Gasteiger partial charge in [-0.2, -0.15) is 0 Å². The van der Waals surface area contributed by atoms with Crippen LogP contribution < -0.4 is 5.32 Å². The van der Waals surface area contributed by atoms with Crippen LogP contribution in [-0.2, 0) is 41.6 Å². The molecule has 2 N–H and O–H groups in total. The second-order valence-electron chi connectivity index (χ2n) is 13.8. The largest absolute Gasteiger partial charge is 0.455 e. The molecule has 6 rings (SSSR count). The summed E-state index contributed by atoms with van der Waals surface area (Å²) in [6.07, 6.45) is 3.77. The van der Waals surface area contributed by atoms with E-state index in [1.807, 2.05) is 91.0 Å². The zero-order chi connectivity index (χ0) is 36.7. The summed E-state index contributed by atoms with van der Waals surface area (Å²) >= 11 is 0. The van der Waals surface area contributed by atoms with Gasteiger partial charge in [0.15, 0.2) is 0 Å². The maximum Gasteiger partial charge on any atom is 0.313 e. The summed E-state index contributed by atoms with van der Waals surface area (Å²) in [5.41, 5.74) is 1.19. The quantitative estimate of drug-likeness (QED) is 0.156. The van der Waals surface area contributed by atoms with Gasteiger partial charge in [0.1, 0.15) is 17.7 Å². The highest BCUT2D eigenvalue weighted by molar-refractivity contribution is 5.98. The molecule has 52 heavy (non-hydrogen) atoms. The van der Waals surface area contributed by atoms with Crippen LogP contribution in [0.25, 0.3) is 0 Å². The molecule has 10 heteroatoms. The van der Waals surface area contributed by atoms with Crippen LogP contribution in [0.2, 0.25) is 0 Å². The molecule has 3 aliphatic rings. The van der Waals surface area contributed by atoms with Crippen molar-refractivity contribution < 1.29 is 33.8 Å². The molecule has 3 saturated heterocycles. The first-order chi connectivity index (χ1) is 25.3. The number of allylic oxidation sites excluding steroid dienone is 1. The molecular formula is C42H47N3O7. The van der Waals surface area contributed by atoms with Crippen molar-refractivity contribution in [3.8, 4) is 0 Å². The van der Waals surface area contributed by atoms with E-state index in [1.165, 1.54) is 4.90 Å². The van der Waals surface area contributed by atoms with E-state index < -0.39 is 60.2 Å². The fraction of sp³-hybridized carbons (Fsp3) is 0.381. The lowest BCUT2D eigenvalue weighted by Crippen LogP contribution is -2.59. The minimum atomic E-state index is -1.30. The van der Waals surface area contributed by atoms with Gasteiger partial charge in [0.2, 0.25) is 17.7 Å². The molecule has 0 aliphatic carbocycles. The van der Waals surface area contributed by atoms with E-state index in [2.05, 4.69) is 18.5 Å². The van der Waals surface area contributed by atoms with Crippen LogP contribution in [0.3, 0.4) is 0 Å². The minimum absolute atomic E-state index is 0.0423. The summed E-state index contributed by atoms with van der Waals surface area (Å²) < 4.78 is 12.9. The number of benzene rings is 3. The Hall–Kier alpha value is -5.06. The van der Waals surface area contributed by atoms with Gasteiger partial charge in [-0.05, 0) is 42.4 Å². The minimum Gasteiger partial charge on any atom is -0.455 e. The monoisotopic (exact) mass is 705 g/mol. The Morgan fingerprint density at radius 2 is 1.63 bits per heavy atom. The molecule has 3 aromatic rings. The average Bonchev–Trinajstić information content (AvgIpc) is 3.82. The second kappa shape index (κ2) is 16.5. The molecule has 3 amide bonds. The number of carbonyl (C=O) groups is 4.